The number of hydrogen-bond acceptors (Lipinski definition) is 3. The number of rotatable bonds is 4. The molecule has 20 heavy (non-hydrogen) atoms. The zero-order chi connectivity index (χ0) is 14.7. The fraction of sp³-hybridized carbons (Fsp3) is 0.133. The first-order chi connectivity index (χ1) is 9.47. The van der Waals surface area contributed by atoms with Gasteiger partial charge in [-0.05, 0) is 30.2 Å². The standard InChI is InChI=1S/C15H12BrNO3/c1-10-8-12(4-7-14(10)16)15(18)9-11-2-5-13(6-3-11)17(19)20/h2-8H,9H2,1H3. The van der Waals surface area contributed by atoms with Gasteiger partial charge in [-0.25, -0.2) is 0 Å². The molecule has 0 radical (unpaired) electrons. The van der Waals surface area contributed by atoms with Crippen LogP contribution in [0.3, 0.4) is 0 Å². The molecule has 0 heterocycles. The summed E-state index contributed by atoms with van der Waals surface area (Å²) in [5.74, 6) is -0.00514. The molecule has 4 nitrogen and oxygen atoms in total. The summed E-state index contributed by atoms with van der Waals surface area (Å²) in [5, 5.41) is 10.6. The van der Waals surface area contributed by atoms with Gasteiger partial charge in [0.2, 0.25) is 0 Å². The number of nitro groups is 1. The van der Waals surface area contributed by atoms with E-state index in [1.807, 2.05) is 19.1 Å². The second-order valence-electron chi connectivity index (χ2n) is 4.49. The summed E-state index contributed by atoms with van der Waals surface area (Å²) in [6, 6.07) is 11.5. The van der Waals surface area contributed by atoms with Crippen LogP contribution in [0.15, 0.2) is 46.9 Å². The van der Waals surface area contributed by atoms with Gasteiger partial charge in [0.1, 0.15) is 0 Å². The Kier molecular flexibility index (Phi) is 4.29. The van der Waals surface area contributed by atoms with Crippen molar-refractivity contribution in [2.45, 2.75) is 13.3 Å². The van der Waals surface area contributed by atoms with Gasteiger partial charge in [0.15, 0.2) is 5.78 Å². The molecule has 0 aliphatic heterocycles. The zero-order valence-electron chi connectivity index (χ0n) is 10.8. The number of Topliss-reactive ketones (excluding diaryl/α,β-unsaturated/α-hetero) is 1. The highest BCUT2D eigenvalue weighted by Crippen LogP contribution is 2.19. The van der Waals surface area contributed by atoms with E-state index in [-0.39, 0.29) is 17.9 Å². The van der Waals surface area contributed by atoms with Crippen LogP contribution < -0.4 is 0 Å². The quantitative estimate of drug-likeness (QED) is 0.481. The molecule has 2 rings (SSSR count). The lowest BCUT2D eigenvalue weighted by molar-refractivity contribution is -0.384. The summed E-state index contributed by atoms with van der Waals surface area (Å²) in [5.41, 5.74) is 2.44. The average Bonchev–Trinajstić information content (AvgIpc) is 2.42. The van der Waals surface area contributed by atoms with Crippen LogP contribution in [0.1, 0.15) is 21.5 Å². The van der Waals surface area contributed by atoms with Crippen LogP contribution in [0, 0.1) is 17.0 Å². The number of nitro benzene ring substituents is 1. The summed E-state index contributed by atoms with van der Waals surface area (Å²) < 4.78 is 0.962. The first-order valence-electron chi connectivity index (χ1n) is 6.00. The molecule has 0 aliphatic rings. The molecule has 0 saturated heterocycles. The van der Waals surface area contributed by atoms with Crippen molar-refractivity contribution in [3.8, 4) is 0 Å². The number of ketones is 1. The molecule has 0 fully saturated rings. The van der Waals surface area contributed by atoms with Crippen LogP contribution in [-0.2, 0) is 6.42 Å². The van der Waals surface area contributed by atoms with E-state index in [4.69, 9.17) is 0 Å². The fourth-order valence-corrected chi connectivity index (χ4v) is 2.09. The molecular weight excluding hydrogens is 322 g/mol. The van der Waals surface area contributed by atoms with Crippen LogP contribution in [0.25, 0.3) is 0 Å². The maximum atomic E-state index is 12.1. The number of carbonyl (C=O) groups is 1. The molecule has 0 atom stereocenters. The van der Waals surface area contributed by atoms with E-state index in [1.165, 1.54) is 12.1 Å². The van der Waals surface area contributed by atoms with Crippen LogP contribution in [0.4, 0.5) is 5.69 Å². The van der Waals surface area contributed by atoms with Crippen molar-refractivity contribution in [1.29, 1.82) is 0 Å². The third kappa shape index (κ3) is 3.30. The van der Waals surface area contributed by atoms with Crippen LogP contribution in [0.5, 0.6) is 0 Å². The molecule has 0 aromatic heterocycles. The minimum Gasteiger partial charge on any atom is -0.294 e. The minimum absolute atomic E-state index is 0.00514. The highest BCUT2D eigenvalue weighted by Gasteiger charge is 2.10. The van der Waals surface area contributed by atoms with Crippen molar-refractivity contribution < 1.29 is 9.72 Å². The van der Waals surface area contributed by atoms with Gasteiger partial charge >= 0.3 is 0 Å². The predicted octanol–water partition coefficient (Wildman–Crippen LogP) is 4.09. The van der Waals surface area contributed by atoms with E-state index >= 15 is 0 Å². The molecule has 0 bridgehead atoms. The Morgan fingerprint density at radius 1 is 1.20 bits per heavy atom. The average molecular weight is 334 g/mol. The van der Waals surface area contributed by atoms with E-state index in [9.17, 15) is 14.9 Å². The Morgan fingerprint density at radius 2 is 1.85 bits per heavy atom. The van der Waals surface area contributed by atoms with Gasteiger partial charge in [-0.2, -0.15) is 0 Å². The molecule has 0 unspecified atom stereocenters. The number of benzene rings is 2. The normalized spacial score (nSPS) is 10.3. The number of hydrogen-bond donors (Lipinski definition) is 0. The second-order valence-corrected chi connectivity index (χ2v) is 5.34. The van der Waals surface area contributed by atoms with Crippen molar-refractivity contribution in [1.82, 2.24) is 0 Å². The van der Waals surface area contributed by atoms with Gasteiger partial charge in [0.05, 0.1) is 4.92 Å². The lowest BCUT2D eigenvalue weighted by Gasteiger charge is -2.04. The van der Waals surface area contributed by atoms with Gasteiger partial charge in [0, 0.05) is 28.6 Å². The van der Waals surface area contributed by atoms with Gasteiger partial charge in [0.25, 0.3) is 5.69 Å². The third-order valence-electron chi connectivity index (χ3n) is 2.99. The summed E-state index contributed by atoms with van der Waals surface area (Å²) in [7, 11) is 0. The minimum atomic E-state index is -0.455. The SMILES string of the molecule is Cc1cc(C(=O)Cc2ccc([N+](=O)[O-])cc2)ccc1Br. The van der Waals surface area contributed by atoms with Gasteiger partial charge in [-0.3, -0.25) is 14.9 Å². The van der Waals surface area contributed by atoms with E-state index < -0.39 is 4.92 Å². The fourth-order valence-electron chi connectivity index (χ4n) is 1.84. The maximum absolute atomic E-state index is 12.1. The van der Waals surface area contributed by atoms with E-state index in [0.29, 0.717) is 5.56 Å². The topological polar surface area (TPSA) is 60.2 Å². The third-order valence-corrected chi connectivity index (χ3v) is 3.88. The Labute approximate surface area is 124 Å². The van der Waals surface area contributed by atoms with Crippen molar-refractivity contribution in [2.75, 3.05) is 0 Å². The van der Waals surface area contributed by atoms with Crippen molar-refractivity contribution in [3.05, 3.63) is 73.7 Å². The first kappa shape index (κ1) is 14.4. The second kappa shape index (κ2) is 5.96. The van der Waals surface area contributed by atoms with E-state index in [0.717, 1.165) is 15.6 Å². The van der Waals surface area contributed by atoms with Crippen molar-refractivity contribution >= 4 is 27.4 Å². The Morgan fingerprint density at radius 3 is 2.40 bits per heavy atom. The highest BCUT2D eigenvalue weighted by atomic mass is 79.9. The Balaban J connectivity index is 2.14. The lowest BCUT2D eigenvalue weighted by Crippen LogP contribution is -2.04. The number of non-ortho nitro benzene ring substituents is 1. The molecule has 102 valence electrons. The smallest absolute Gasteiger partial charge is 0.269 e. The predicted molar refractivity (Wildman–Crippen MR) is 80.0 cm³/mol. The monoisotopic (exact) mass is 333 g/mol. The molecule has 0 saturated carbocycles. The molecule has 0 amide bonds. The van der Waals surface area contributed by atoms with Crippen molar-refractivity contribution in [3.63, 3.8) is 0 Å². The van der Waals surface area contributed by atoms with Gasteiger partial charge in [-0.1, -0.05) is 34.1 Å². The van der Waals surface area contributed by atoms with E-state index in [1.54, 1.807) is 18.2 Å². The first-order valence-corrected chi connectivity index (χ1v) is 6.79. The molecule has 2 aromatic rings. The van der Waals surface area contributed by atoms with Crippen LogP contribution >= 0.6 is 15.9 Å². The molecule has 0 N–H and O–H groups in total. The summed E-state index contributed by atoms with van der Waals surface area (Å²) in [6.45, 7) is 1.92. The Bertz CT molecular complexity index is 665. The van der Waals surface area contributed by atoms with Gasteiger partial charge in [-0.15, -0.1) is 0 Å². The number of nitrogens with zero attached hydrogens (tertiary/aromatic N) is 1. The maximum Gasteiger partial charge on any atom is 0.269 e. The largest absolute Gasteiger partial charge is 0.294 e. The Hall–Kier alpha value is -2.01. The molecule has 0 aliphatic carbocycles. The molecule has 2 aromatic carbocycles. The molecule has 5 heteroatoms. The lowest BCUT2D eigenvalue weighted by atomic mass is 10.0. The van der Waals surface area contributed by atoms with Crippen LogP contribution in [0.2, 0.25) is 0 Å². The summed E-state index contributed by atoms with van der Waals surface area (Å²) in [4.78, 5) is 22.3. The van der Waals surface area contributed by atoms with Gasteiger partial charge < -0.3 is 0 Å². The van der Waals surface area contributed by atoms with Crippen LogP contribution in [-0.4, -0.2) is 10.7 Å². The number of aryl methyl sites for hydroxylation is 1. The number of carbonyl (C=O) groups excluding carboxylic acids is 1. The molecular formula is C15H12BrNO3. The van der Waals surface area contributed by atoms with Crippen molar-refractivity contribution in [2.24, 2.45) is 0 Å². The van der Waals surface area contributed by atoms with E-state index in [2.05, 4.69) is 15.9 Å². The number of halogens is 1. The molecule has 0 spiro atoms. The summed E-state index contributed by atoms with van der Waals surface area (Å²) >= 11 is 3.39. The highest BCUT2D eigenvalue weighted by molar-refractivity contribution is 9.10. The summed E-state index contributed by atoms with van der Waals surface area (Å²) in [6.07, 6.45) is 0.235. The zero-order valence-corrected chi connectivity index (χ0v) is 12.4.